The van der Waals surface area contributed by atoms with Gasteiger partial charge in [0.05, 0.1) is 0 Å². The van der Waals surface area contributed by atoms with E-state index in [0.29, 0.717) is 6.42 Å². The van der Waals surface area contributed by atoms with Gasteiger partial charge >= 0.3 is 0 Å². The first kappa shape index (κ1) is 11.7. The van der Waals surface area contributed by atoms with Gasteiger partial charge in [0, 0.05) is 13.0 Å². The van der Waals surface area contributed by atoms with Crippen molar-refractivity contribution in [3.63, 3.8) is 0 Å². The minimum atomic E-state index is -0.221. The van der Waals surface area contributed by atoms with E-state index in [1.807, 2.05) is 13.1 Å². The largest absolute Gasteiger partial charge is 0.370 e. The molecule has 0 aliphatic carbocycles. The molecule has 1 aromatic rings. The zero-order valence-corrected chi connectivity index (χ0v) is 9.12. The first-order valence-corrected chi connectivity index (χ1v) is 5.23. The Morgan fingerprint density at radius 3 is 2.80 bits per heavy atom. The van der Waals surface area contributed by atoms with Crippen LogP contribution >= 0.6 is 0 Å². The van der Waals surface area contributed by atoms with Crippen molar-refractivity contribution in [2.24, 2.45) is 5.73 Å². The summed E-state index contributed by atoms with van der Waals surface area (Å²) < 4.78 is 0. The third kappa shape index (κ3) is 4.61. The van der Waals surface area contributed by atoms with E-state index in [4.69, 9.17) is 5.73 Å². The number of hydrogen-bond acceptors (Lipinski definition) is 2. The smallest absolute Gasteiger partial charge is 0.217 e. The maximum absolute atomic E-state index is 10.6. The molecule has 1 aromatic carbocycles. The van der Waals surface area contributed by atoms with E-state index >= 15 is 0 Å². The minimum absolute atomic E-state index is 0.221. The summed E-state index contributed by atoms with van der Waals surface area (Å²) in [6.07, 6.45) is 2.22. The van der Waals surface area contributed by atoms with Gasteiger partial charge in [0.2, 0.25) is 5.91 Å². The molecule has 0 saturated heterocycles. The monoisotopic (exact) mass is 206 g/mol. The topological polar surface area (TPSA) is 55.1 Å². The van der Waals surface area contributed by atoms with Crippen LogP contribution in [0, 0.1) is 0 Å². The van der Waals surface area contributed by atoms with Crippen LogP contribution in [0.2, 0.25) is 0 Å². The van der Waals surface area contributed by atoms with Gasteiger partial charge in [0.15, 0.2) is 0 Å². The van der Waals surface area contributed by atoms with Gasteiger partial charge in [0.25, 0.3) is 0 Å². The molecule has 0 spiro atoms. The fourth-order valence-electron chi connectivity index (χ4n) is 1.57. The normalized spacial score (nSPS) is 10.2. The van der Waals surface area contributed by atoms with Crippen molar-refractivity contribution in [2.75, 3.05) is 7.05 Å². The van der Waals surface area contributed by atoms with Crippen LogP contribution in [-0.4, -0.2) is 13.0 Å². The minimum Gasteiger partial charge on any atom is -0.370 e. The van der Waals surface area contributed by atoms with Gasteiger partial charge in [-0.1, -0.05) is 24.3 Å². The van der Waals surface area contributed by atoms with Gasteiger partial charge in [-0.3, -0.25) is 4.79 Å². The van der Waals surface area contributed by atoms with Crippen LogP contribution in [0.25, 0.3) is 0 Å². The Kier molecular flexibility index (Phi) is 4.84. The van der Waals surface area contributed by atoms with Crippen LogP contribution in [-0.2, 0) is 17.8 Å². The van der Waals surface area contributed by atoms with E-state index < -0.39 is 0 Å². The second-order valence-electron chi connectivity index (χ2n) is 3.67. The molecule has 0 aromatic heterocycles. The van der Waals surface area contributed by atoms with E-state index in [9.17, 15) is 4.79 Å². The van der Waals surface area contributed by atoms with Crippen molar-refractivity contribution < 1.29 is 4.79 Å². The van der Waals surface area contributed by atoms with Crippen LogP contribution in [0.1, 0.15) is 24.0 Å². The first-order valence-electron chi connectivity index (χ1n) is 5.23. The molecule has 0 unspecified atom stereocenters. The molecular formula is C12H18N2O. The Morgan fingerprint density at radius 2 is 2.13 bits per heavy atom. The Labute approximate surface area is 90.7 Å². The highest BCUT2D eigenvalue weighted by Crippen LogP contribution is 2.08. The summed E-state index contributed by atoms with van der Waals surface area (Å²) in [5.74, 6) is -0.221. The molecule has 1 amide bonds. The number of nitrogens with two attached hydrogens (primary N) is 1. The molecule has 15 heavy (non-hydrogen) atoms. The van der Waals surface area contributed by atoms with Crippen LogP contribution in [0.5, 0.6) is 0 Å². The Balaban J connectivity index is 2.46. The molecule has 0 saturated carbocycles. The van der Waals surface area contributed by atoms with Crippen LogP contribution in [0.3, 0.4) is 0 Å². The zero-order valence-electron chi connectivity index (χ0n) is 9.12. The summed E-state index contributed by atoms with van der Waals surface area (Å²) in [6, 6.07) is 8.39. The highest BCUT2D eigenvalue weighted by atomic mass is 16.1. The molecule has 0 bridgehead atoms. The summed E-state index contributed by atoms with van der Waals surface area (Å²) >= 11 is 0. The van der Waals surface area contributed by atoms with E-state index in [0.717, 1.165) is 19.4 Å². The van der Waals surface area contributed by atoms with E-state index in [-0.39, 0.29) is 5.91 Å². The lowest BCUT2D eigenvalue weighted by atomic mass is 10.1. The van der Waals surface area contributed by atoms with E-state index in [1.54, 1.807) is 0 Å². The fourth-order valence-corrected chi connectivity index (χ4v) is 1.57. The highest BCUT2D eigenvalue weighted by Gasteiger charge is 1.98. The van der Waals surface area contributed by atoms with Crippen molar-refractivity contribution in [1.29, 1.82) is 0 Å². The van der Waals surface area contributed by atoms with Crippen LogP contribution in [0.4, 0.5) is 0 Å². The van der Waals surface area contributed by atoms with Gasteiger partial charge in [0.1, 0.15) is 0 Å². The molecule has 1 rings (SSSR count). The summed E-state index contributed by atoms with van der Waals surface area (Å²) in [5.41, 5.74) is 7.63. The average Bonchev–Trinajstić information content (AvgIpc) is 2.18. The van der Waals surface area contributed by atoms with Gasteiger partial charge in [-0.15, -0.1) is 0 Å². The summed E-state index contributed by atoms with van der Waals surface area (Å²) in [6.45, 7) is 0.879. The van der Waals surface area contributed by atoms with Crippen LogP contribution < -0.4 is 11.1 Å². The molecule has 0 heterocycles. The third-order valence-corrected chi connectivity index (χ3v) is 2.26. The predicted octanol–water partition coefficient (Wildman–Crippen LogP) is 1.21. The Hall–Kier alpha value is -1.35. The Bertz CT molecular complexity index is 323. The van der Waals surface area contributed by atoms with Crippen LogP contribution in [0.15, 0.2) is 24.3 Å². The predicted molar refractivity (Wildman–Crippen MR) is 61.3 cm³/mol. The molecule has 0 aliphatic rings. The second-order valence-corrected chi connectivity index (χ2v) is 3.67. The lowest BCUT2D eigenvalue weighted by Gasteiger charge is -2.04. The molecule has 3 N–H and O–H groups in total. The highest BCUT2D eigenvalue weighted by molar-refractivity contribution is 5.73. The number of carbonyl (C=O) groups excluding carboxylic acids is 1. The second kappa shape index (κ2) is 6.19. The maximum atomic E-state index is 10.6. The molecule has 0 aliphatic heterocycles. The molecular weight excluding hydrogens is 188 g/mol. The first-order chi connectivity index (χ1) is 7.22. The quantitative estimate of drug-likeness (QED) is 0.735. The van der Waals surface area contributed by atoms with Crippen molar-refractivity contribution in [2.45, 2.75) is 25.8 Å². The van der Waals surface area contributed by atoms with Crippen molar-refractivity contribution >= 4 is 5.91 Å². The molecule has 3 heteroatoms. The third-order valence-electron chi connectivity index (χ3n) is 2.26. The van der Waals surface area contributed by atoms with E-state index in [2.05, 4.69) is 23.5 Å². The zero-order chi connectivity index (χ0) is 11.1. The number of aryl methyl sites for hydroxylation is 1. The van der Waals surface area contributed by atoms with Gasteiger partial charge in [-0.05, 0) is 31.0 Å². The van der Waals surface area contributed by atoms with E-state index in [1.165, 1.54) is 11.1 Å². The van der Waals surface area contributed by atoms with Gasteiger partial charge in [-0.25, -0.2) is 0 Å². The van der Waals surface area contributed by atoms with Crippen molar-refractivity contribution in [3.05, 3.63) is 35.4 Å². The number of rotatable bonds is 6. The van der Waals surface area contributed by atoms with Gasteiger partial charge in [-0.2, -0.15) is 0 Å². The number of carbonyl (C=O) groups is 1. The van der Waals surface area contributed by atoms with Gasteiger partial charge < -0.3 is 11.1 Å². The average molecular weight is 206 g/mol. The fraction of sp³-hybridized carbons (Fsp3) is 0.417. The number of nitrogens with one attached hydrogen (secondary N) is 1. The molecule has 0 atom stereocenters. The number of hydrogen-bond donors (Lipinski definition) is 2. The number of benzene rings is 1. The Morgan fingerprint density at radius 1 is 1.40 bits per heavy atom. The van der Waals surface area contributed by atoms with Crippen molar-refractivity contribution in [3.8, 4) is 0 Å². The summed E-state index contributed by atoms with van der Waals surface area (Å²) in [4.78, 5) is 10.6. The molecule has 3 nitrogen and oxygen atoms in total. The lowest BCUT2D eigenvalue weighted by molar-refractivity contribution is -0.118. The molecule has 0 radical (unpaired) electrons. The standard InChI is InChI=1S/C12H18N2O/c1-14-9-11-6-2-4-10(8-11)5-3-7-12(13)15/h2,4,6,8,14H,3,5,7,9H2,1H3,(H2,13,15). The summed E-state index contributed by atoms with van der Waals surface area (Å²) in [7, 11) is 1.93. The lowest BCUT2D eigenvalue weighted by Crippen LogP contribution is -2.10. The molecule has 82 valence electrons. The van der Waals surface area contributed by atoms with Crippen molar-refractivity contribution in [1.82, 2.24) is 5.32 Å². The maximum Gasteiger partial charge on any atom is 0.217 e. The number of primary amides is 1. The number of amides is 1. The summed E-state index contributed by atoms with van der Waals surface area (Å²) in [5, 5.41) is 3.11. The SMILES string of the molecule is CNCc1cccc(CCCC(N)=O)c1. The molecule has 0 fully saturated rings.